The summed E-state index contributed by atoms with van der Waals surface area (Å²) in [7, 11) is 0. The molecule has 35 heavy (non-hydrogen) atoms. The number of hydrogen-bond acceptors (Lipinski definition) is 5. The molecule has 0 aliphatic rings. The minimum Gasteiger partial charge on any atom is -0.480 e. The number of amides is 1. The summed E-state index contributed by atoms with van der Waals surface area (Å²) in [6.45, 7) is 3.91. The number of nitrogens with zero attached hydrogens (tertiary/aromatic N) is 4. The zero-order valence-corrected chi connectivity index (χ0v) is 19.6. The van der Waals surface area contributed by atoms with E-state index in [0.717, 1.165) is 32.7 Å². The molecule has 1 amide bonds. The van der Waals surface area contributed by atoms with Crippen LogP contribution in [0.1, 0.15) is 24.5 Å². The SMILES string of the molecule is CCc1ccc(-c2ccc(N(C=O)C(CCn3nnc4cccc(C)c4c3=O)C(=O)O)cc2)cc1. The average Bonchev–Trinajstić information content (AvgIpc) is 2.87. The lowest BCUT2D eigenvalue weighted by Crippen LogP contribution is -2.42. The van der Waals surface area contributed by atoms with E-state index in [1.807, 2.05) is 37.3 Å². The number of hydrogen-bond donors (Lipinski definition) is 1. The Balaban J connectivity index is 1.56. The van der Waals surface area contributed by atoms with Gasteiger partial charge in [-0.25, -0.2) is 9.48 Å². The monoisotopic (exact) mass is 470 g/mol. The summed E-state index contributed by atoms with van der Waals surface area (Å²) < 4.78 is 1.15. The maximum Gasteiger partial charge on any atom is 0.326 e. The first kappa shape index (κ1) is 23.8. The largest absolute Gasteiger partial charge is 0.480 e. The average molecular weight is 471 g/mol. The van der Waals surface area contributed by atoms with Crippen LogP contribution in [-0.2, 0) is 22.6 Å². The number of aliphatic carboxylic acids is 1. The van der Waals surface area contributed by atoms with Gasteiger partial charge in [-0.15, -0.1) is 5.10 Å². The van der Waals surface area contributed by atoms with E-state index in [2.05, 4.69) is 29.4 Å². The minimum atomic E-state index is -1.18. The Kier molecular flexibility index (Phi) is 7.01. The van der Waals surface area contributed by atoms with Gasteiger partial charge in [-0.2, -0.15) is 0 Å². The van der Waals surface area contributed by atoms with Crippen molar-refractivity contribution >= 4 is 29.0 Å². The predicted molar refractivity (Wildman–Crippen MR) is 134 cm³/mol. The van der Waals surface area contributed by atoms with E-state index in [4.69, 9.17) is 0 Å². The fourth-order valence-corrected chi connectivity index (χ4v) is 4.13. The van der Waals surface area contributed by atoms with E-state index < -0.39 is 12.0 Å². The van der Waals surface area contributed by atoms with Crippen molar-refractivity contribution in [2.45, 2.75) is 39.3 Å². The lowest BCUT2D eigenvalue weighted by atomic mass is 10.0. The summed E-state index contributed by atoms with van der Waals surface area (Å²) in [4.78, 5) is 38.1. The number of carboxylic acids is 1. The normalized spacial score (nSPS) is 11.8. The van der Waals surface area contributed by atoms with E-state index in [0.29, 0.717) is 23.0 Å². The molecule has 0 saturated heterocycles. The van der Waals surface area contributed by atoms with Gasteiger partial charge < -0.3 is 10.0 Å². The van der Waals surface area contributed by atoms with Crippen LogP contribution in [-0.4, -0.2) is 38.5 Å². The number of carbonyl (C=O) groups excluding carboxylic acids is 1. The first-order valence-electron chi connectivity index (χ1n) is 11.4. The van der Waals surface area contributed by atoms with Crippen molar-refractivity contribution in [3.05, 3.63) is 88.2 Å². The van der Waals surface area contributed by atoms with Crippen molar-refractivity contribution in [3.8, 4) is 11.1 Å². The molecule has 0 aliphatic heterocycles. The quantitative estimate of drug-likeness (QED) is 0.373. The first-order valence-corrected chi connectivity index (χ1v) is 11.4. The molecule has 8 nitrogen and oxygen atoms in total. The molecule has 0 aliphatic carbocycles. The second kappa shape index (κ2) is 10.3. The van der Waals surface area contributed by atoms with Gasteiger partial charge in [0.1, 0.15) is 11.6 Å². The van der Waals surface area contributed by atoms with Gasteiger partial charge >= 0.3 is 5.97 Å². The van der Waals surface area contributed by atoms with Gasteiger partial charge in [0, 0.05) is 12.2 Å². The lowest BCUT2D eigenvalue weighted by molar-refractivity contribution is -0.139. The van der Waals surface area contributed by atoms with Crippen molar-refractivity contribution < 1.29 is 14.7 Å². The Morgan fingerprint density at radius 2 is 1.71 bits per heavy atom. The molecule has 1 unspecified atom stereocenters. The topological polar surface area (TPSA) is 105 Å². The predicted octanol–water partition coefficient (Wildman–Crippen LogP) is 3.84. The van der Waals surface area contributed by atoms with Crippen LogP contribution >= 0.6 is 0 Å². The summed E-state index contributed by atoms with van der Waals surface area (Å²) >= 11 is 0. The molecule has 1 N–H and O–H groups in total. The molecule has 1 atom stereocenters. The standard InChI is InChI=1S/C27H26N4O4/c1-3-19-7-9-20(10-8-19)21-11-13-22(14-12-21)30(17-32)24(27(34)35)15-16-31-26(33)25-18(2)5-4-6-23(25)28-29-31/h4-14,17,24H,3,15-16H2,1-2H3,(H,34,35). The zero-order chi connectivity index (χ0) is 24.9. The third-order valence-corrected chi connectivity index (χ3v) is 6.17. The van der Waals surface area contributed by atoms with E-state index in [9.17, 15) is 19.5 Å². The summed E-state index contributed by atoms with van der Waals surface area (Å²) in [6.07, 6.45) is 1.45. The molecule has 0 fully saturated rings. The van der Waals surface area contributed by atoms with Crippen LogP contribution in [0.4, 0.5) is 5.69 Å². The Hall–Kier alpha value is -4.33. The van der Waals surface area contributed by atoms with Gasteiger partial charge in [0.2, 0.25) is 6.41 Å². The summed E-state index contributed by atoms with van der Waals surface area (Å²) in [5, 5.41) is 18.3. The number of carboxylic acid groups (broad SMARTS) is 1. The molecular formula is C27H26N4O4. The van der Waals surface area contributed by atoms with E-state index in [1.165, 1.54) is 5.56 Å². The van der Waals surface area contributed by atoms with Gasteiger partial charge in [0.05, 0.1) is 5.39 Å². The van der Waals surface area contributed by atoms with Crippen LogP contribution in [0.5, 0.6) is 0 Å². The van der Waals surface area contributed by atoms with Crippen LogP contribution in [0.15, 0.2) is 71.5 Å². The summed E-state index contributed by atoms with van der Waals surface area (Å²) in [6, 6.07) is 19.5. The Labute approximate surface area is 202 Å². The highest BCUT2D eigenvalue weighted by atomic mass is 16.4. The van der Waals surface area contributed by atoms with Gasteiger partial charge in [-0.1, -0.05) is 60.7 Å². The van der Waals surface area contributed by atoms with Crippen molar-refractivity contribution in [1.29, 1.82) is 0 Å². The second-order valence-corrected chi connectivity index (χ2v) is 8.34. The number of fused-ring (bicyclic) bond motifs is 1. The molecule has 0 bridgehead atoms. The molecule has 178 valence electrons. The van der Waals surface area contributed by atoms with E-state index in [1.54, 1.807) is 24.3 Å². The Morgan fingerprint density at radius 1 is 1.06 bits per heavy atom. The maximum atomic E-state index is 12.9. The molecule has 8 heteroatoms. The fraction of sp³-hybridized carbons (Fsp3) is 0.222. The van der Waals surface area contributed by atoms with Crippen molar-refractivity contribution in [1.82, 2.24) is 15.0 Å². The second-order valence-electron chi connectivity index (χ2n) is 8.34. The number of aryl methyl sites for hydroxylation is 3. The number of anilines is 1. The van der Waals surface area contributed by atoms with Crippen LogP contribution in [0.3, 0.4) is 0 Å². The van der Waals surface area contributed by atoms with Gasteiger partial charge in [0.15, 0.2) is 0 Å². The van der Waals surface area contributed by atoms with Crippen LogP contribution in [0, 0.1) is 6.92 Å². The molecule has 3 aromatic carbocycles. The zero-order valence-electron chi connectivity index (χ0n) is 19.6. The summed E-state index contributed by atoms with van der Waals surface area (Å²) in [5.74, 6) is -1.17. The summed E-state index contributed by atoms with van der Waals surface area (Å²) in [5.41, 5.74) is 4.60. The third-order valence-electron chi connectivity index (χ3n) is 6.17. The number of benzene rings is 3. The molecule has 4 aromatic rings. The highest BCUT2D eigenvalue weighted by Gasteiger charge is 2.26. The number of carbonyl (C=O) groups is 2. The van der Waals surface area contributed by atoms with Crippen LogP contribution in [0.2, 0.25) is 0 Å². The smallest absolute Gasteiger partial charge is 0.326 e. The molecule has 4 rings (SSSR count). The molecule has 1 heterocycles. The van der Waals surface area contributed by atoms with E-state index >= 15 is 0 Å². The number of rotatable bonds is 9. The molecule has 0 spiro atoms. The first-order chi connectivity index (χ1) is 16.9. The van der Waals surface area contributed by atoms with Crippen molar-refractivity contribution in [2.24, 2.45) is 0 Å². The van der Waals surface area contributed by atoms with Gasteiger partial charge in [-0.3, -0.25) is 9.59 Å². The van der Waals surface area contributed by atoms with Crippen molar-refractivity contribution in [2.75, 3.05) is 4.90 Å². The fourth-order valence-electron chi connectivity index (χ4n) is 4.13. The Bertz CT molecular complexity index is 1410. The van der Waals surface area contributed by atoms with E-state index in [-0.39, 0.29) is 18.5 Å². The van der Waals surface area contributed by atoms with Crippen LogP contribution < -0.4 is 10.5 Å². The third kappa shape index (κ3) is 4.96. The molecule has 1 aromatic heterocycles. The van der Waals surface area contributed by atoms with Crippen LogP contribution in [0.25, 0.3) is 22.0 Å². The molecule has 0 radical (unpaired) electrons. The lowest BCUT2D eigenvalue weighted by Gasteiger charge is -2.25. The van der Waals surface area contributed by atoms with Crippen molar-refractivity contribution in [3.63, 3.8) is 0 Å². The highest BCUT2D eigenvalue weighted by Crippen LogP contribution is 2.25. The number of aromatic nitrogens is 3. The Morgan fingerprint density at radius 3 is 2.31 bits per heavy atom. The maximum absolute atomic E-state index is 12.9. The minimum absolute atomic E-state index is 0.000719. The van der Waals surface area contributed by atoms with Gasteiger partial charge in [0.25, 0.3) is 5.56 Å². The highest BCUT2D eigenvalue weighted by molar-refractivity contribution is 5.88. The van der Waals surface area contributed by atoms with Gasteiger partial charge in [-0.05, 0) is 60.2 Å². The molecular weight excluding hydrogens is 444 g/mol. The molecule has 0 saturated carbocycles.